The fourth-order valence-corrected chi connectivity index (χ4v) is 5.11. The quantitative estimate of drug-likeness (QED) is 0.239. The highest BCUT2D eigenvalue weighted by molar-refractivity contribution is 7.14. The molecule has 6 rings (SSSR count). The number of hydrogen-bond acceptors (Lipinski definition) is 6. The van der Waals surface area contributed by atoms with Gasteiger partial charge in [0.05, 0.1) is 35.0 Å². The normalized spacial score (nSPS) is 11.6. The molecule has 6 aromatic heterocycles. The Kier molecular flexibility index (Phi) is 5.72. The van der Waals surface area contributed by atoms with Gasteiger partial charge in [-0.2, -0.15) is 9.49 Å². The summed E-state index contributed by atoms with van der Waals surface area (Å²) in [6, 6.07) is 10.9. The van der Waals surface area contributed by atoms with Gasteiger partial charge in [0.2, 0.25) is 5.91 Å². The number of nitrogens with one attached hydrogen (secondary N) is 3. The number of pyridine rings is 3. The van der Waals surface area contributed by atoms with E-state index < -0.39 is 0 Å². The topological polar surface area (TPSA) is 112 Å². The molecule has 0 radical (unpaired) electrons. The average Bonchev–Trinajstić information content (AvgIpc) is 3.60. The summed E-state index contributed by atoms with van der Waals surface area (Å²) in [7, 11) is 0. The lowest BCUT2D eigenvalue weighted by Gasteiger charge is -2.08. The second-order valence-corrected chi connectivity index (χ2v) is 10.2. The highest BCUT2D eigenvalue weighted by Crippen LogP contribution is 2.36. The Hall–Kier alpha value is -4.44. The lowest BCUT2D eigenvalue weighted by atomic mass is 10.1. The minimum absolute atomic E-state index is 0.0495. The molecule has 0 aliphatic carbocycles. The number of halogens is 1. The Morgan fingerprint density at radius 3 is 2.78 bits per heavy atom. The highest BCUT2D eigenvalue weighted by atomic mass is 32.1. The van der Waals surface area contributed by atoms with Crippen molar-refractivity contribution >= 4 is 44.9 Å². The first-order valence-corrected chi connectivity index (χ1v) is 12.6. The van der Waals surface area contributed by atoms with E-state index in [-0.39, 0.29) is 17.0 Å². The Balaban J connectivity index is 1.38. The lowest BCUT2D eigenvalue weighted by molar-refractivity contribution is -0.116. The highest BCUT2D eigenvalue weighted by Gasteiger charge is 2.16. The predicted octanol–water partition coefficient (Wildman–Crippen LogP) is 6.42. The van der Waals surface area contributed by atoms with E-state index in [1.165, 1.54) is 6.07 Å². The van der Waals surface area contributed by atoms with E-state index in [9.17, 15) is 9.18 Å². The molecule has 0 aliphatic heterocycles. The largest absolute Gasteiger partial charge is 0.338 e. The van der Waals surface area contributed by atoms with Gasteiger partial charge in [-0.05, 0) is 42.3 Å². The molecule has 0 bridgehead atoms. The van der Waals surface area contributed by atoms with Gasteiger partial charge in [-0.3, -0.25) is 19.9 Å². The van der Waals surface area contributed by atoms with E-state index in [4.69, 9.17) is 0 Å². The van der Waals surface area contributed by atoms with Crippen LogP contribution >= 0.6 is 11.3 Å². The third-order valence-electron chi connectivity index (χ3n) is 5.98. The molecule has 0 saturated carbocycles. The number of aromatic amines is 2. The molecule has 0 saturated heterocycles. The molecule has 3 N–H and O–H groups in total. The minimum atomic E-state index is -0.230. The van der Waals surface area contributed by atoms with Gasteiger partial charge in [-0.15, -0.1) is 11.3 Å². The average molecular weight is 512 g/mol. The molecule has 10 heteroatoms. The second-order valence-electron chi connectivity index (χ2n) is 9.20. The molecule has 1 amide bonds. The van der Waals surface area contributed by atoms with Crippen molar-refractivity contribution in [3.8, 4) is 33.1 Å². The van der Waals surface area contributed by atoms with Crippen LogP contribution < -0.4 is 5.32 Å². The van der Waals surface area contributed by atoms with Crippen molar-refractivity contribution in [2.24, 2.45) is 5.92 Å². The first kappa shape index (κ1) is 23.0. The molecule has 37 heavy (non-hydrogen) atoms. The van der Waals surface area contributed by atoms with Crippen LogP contribution in [0, 0.1) is 11.0 Å². The van der Waals surface area contributed by atoms with Gasteiger partial charge in [0.1, 0.15) is 11.3 Å². The third kappa shape index (κ3) is 4.47. The summed E-state index contributed by atoms with van der Waals surface area (Å²) < 4.78 is 13.7. The Bertz CT molecular complexity index is 1770. The summed E-state index contributed by atoms with van der Waals surface area (Å²) >= 11 is 1.10. The van der Waals surface area contributed by atoms with Crippen molar-refractivity contribution in [1.29, 1.82) is 0 Å². The standard InChI is InChI=1S/C27H22FN7OS/c1-14(2)7-25(36)32-16-8-15(11-29-12-16)20-10-19-22(13-31-20)34-35-26(19)21-9-18-17(5-6-30-27(18)33-21)23-3-4-24(28)37-23/h3-6,8-14H,7H2,1-2H3,(H,30,33)(H,32,36)(H,34,35). The van der Waals surface area contributed by atoms with Gasteiger partial charge >= 0.3 is 0 Å². The number of carbonyl (C=O) groups excluding carboxylic acids is 1. The first-order chi connectivity index (χ1) is 17.9. The van der Waals surface area contributed by atoms with Gasteiger partial charge in [0, 0.05) is 45.6 Å². The van der Waals surface area contributed by atoms with Crippen molar-refractivity contribution in [2.75, 3.05) is 5.32 Å². The van der Waals surface area contributed by atoms with Crippen LogP contribution in [0.5, 0.6) is 0 Å². The molecule has 0 spiro atoms. The Labute approximate surface area is 215 Å². The summed E-state index contributed by atoms with van der Waals surface area (Å²) in [5.41, 5.74) is 5.98. The van der Waals surface area contributed by atoms with Crippen LogP contribution in [0.4, 0.5) is 10.1 Å². The zero-order valence-electron chi connectivity index (χ0n) is 20.0. The molecule has 6 aromatic rings. The first-order valence-electron chi connectivity index (χ1n) is 11.8. The Morgan fingerprint density at radius 1 is 1.08 bits per heavy atom. The van der Waals surface area contributed by atoms with E-state index in [0.717, 1.165) is 49.3 Å². The molecule has 8 nitrogen and oxygen atoms in total. The van der Waals surface area contributed by atoms with Crippen LogP contribution in [0.15, 0.2) is 61.2 Å². The zero-order chi connectivity index (χ0) is 25.5. The fourth-order valence-electron chi connectivity index (χ4n) is 4.34. The predicted molar refractivity (Wildman–Crippen MR) is 144 cm³/mol. The van der Waals surface area contributed by atoms with E-state index in [2.05, 4.69) is 35.5 Å². The molecule has 6 heterocycles. The number of fused-ring (bicyclic) bond motifs is 2. The molecule has 0 aromatic carbocycles. The minimum Gasteiger partial charge on any atom is -0.338 e. The van der Waals surface area contributed by atoms with Gasteiger partial charge in [-0.1, -0.05) is 13.8 Å². The van der Waals surface area contributed by atoms with Crippen LogP contribution in [-0.4, -0.2) is 36.0 Å². The molecular weight excluding hydrogens is 489 g/mol. The monoisotopic (exact) mass is 511 g/mol. The van der Waals surface area contributed by atoms with Gasteiger partial charge in [-0.25, -0.2) is 4.98 Å². The number of rotatable bonds is 6. The number of H-pyrrole nitrogens is 2. The SMILES string of the molecule is CC(C)CC(=O)Nc1cncc(-c2cc3c(-c4cc5c(-c6ccc(F)s6)ccnc5[nH]4)n[nH]c3cn2)c1. The van der Waals surface area contributed by atoms with Crippen molar-refractivity contribution in [3.63, 3.8) is 0 Å². The summed E-state index contributed by atoms with van der Waals surface area (Å²) in [5.74, 6) is 0.216. The van der Waals surface area contributed by atoms with Crippen LogP contribution in [0.1, 0.15) is 20.3 Å². The molecular formula is C27H22FN7OS. The zero-order valence-corrected chi connectivity index (χ0v) is 20.9. The van der Waals surface area contributed by atoms with Gasteiger partial charge in [0.15, 0.2) is 5.13 Å². The molecule has 184 valence electrons. The van der Waals surface area contributed by atoms with Crippen LogP contribution in [0.2, 0.25) is 0 Å². The maximum Gasteiger partial charge on any atom is 0.224 e. The summed E-state index contributed by atoms with van der Waals surface area (Å²) in [6.45, 7) is 4.00. The summed E-state index contributed by atoms with van der Waals surface area (Å²) in [5, 5.41) is 12.0. The van der Waals surface area contributed by atoms with Crippen LogP contribution in [0.25, 0.3) is 55.0 Å². The maximum absolute atomic E-state index is 13.7. The number of hydrogen-bond donors (Lipinski definition) is 3. The summed E-state index contributed by atoms with van der Waals surface area (Å²) in [4.78, 5) is 29.7. The molecule has 0 atom stereocenters. The third-order valence-corrected chi connectivity index (χ3v) is 6.89. The van der Waals surface area contributed by atoms with E-state index >= 15 is 0 Å². The molecule has 0 fully saturated rings. The number of thiophene rings is 1. The summed E-state index contributed by atoms with van der Waals surface area (Å²) in [6.07, 6.45) is 7.21. The molecule has 0 aliphatic rings. The van der Waals surface area contributed by atoms with E-state index in [0.29, 0.717) is 29.1 Å². The maximum atomic E-state index is 13.7. The van der Waals surface area contributed by atoms with Crippen molar-refractivity contribution in [1.82, 2.24) is 30.1 Å². The smallest absolute Gasteiger partial charge is 0.224 e. The van der Waals surface area contributed by atoms with Crippen molar-refractivity contribution < 1.29 is 9.18 Å². The number of anilines is 1. The lowest BCUT2D eigenvalue weighted by Crippen LogP contribution is -2.13. The van der Waals surface area contributed by atoms with Gasteiger partial charge in [0.25, 0.3) is 0 Å². The van der Waals surface area contributed by atoms with Crippen LogP contribution in [-0.2, 0) is 4.79 Å². The van der Waals surface area contributed by atoms with Gasteiger partial charge < -0.3 is 10.3 Å². The number of carbonyl (C=O) groups is 1. The Morgan fingerprint density at radius 2 is 1.97 bits per heavy atom. The van der Waals surface area contributed by atoms with Crippen molar-refractivity contribution in [2.45, 2.75) is 20.3 Å². The number of nitrogens with zero attached hydrogens (tertiary/aromatic N) is 4. The fraction of sp³-hybridized carbons (Fsp3) is 0.148. The van der Waals surface area contributed by atoms with E-state index in [1.54, 1.807) is 30.9 Å². The number of aromatic nitrogens is 6. The molecule has 0 unspecified atom stereocenters. The van der Waals surface area contributed by atoms with Crippen molar-refractivity contribution in [3.05, 3.63) is 66.3 Å². The number of amides is 1. The van der Waals surface area contributed by atoms with E-state index in [1.807, 2.05) is 38.1 Å². The second kappa shape index (κ2) is 9.21. The van der Waals surface area contributed by atoms with Crippen LogP contribution in [0.3, 0.4) is 0 Å².